The van der Waals surface area contributed by atoms with Crippen LogP contribution in [0.5, 0.6) is 0 Å². The second kappa shape index (κ2) is 3.65. The number of hydrogen-bond acceptors (Lipinski definition) is 3. The first-order valence-corrected chi connectivity index (χ1v) is 5.09. The quantitative estimate of drug-likeness (QED) is 0.748. The molecule has 1 saturated carbocycles. The topological polar surface area (TPSA) is 70.0 Å². The maximum Gasteiger partial charge on any atom is 0.0991 e. The van der Waals surface area contributed by atoms with Crippen molar-refractivity contribution in [3.8, 4) is 6.07 Å². The van der Waals surface area contributed by atoms with Crippen molar-refractivity contribution in [1.82, 2.24) is 0 Å². The molecule has 2 rings (SSSR count). The molecule has 0 aliphatic heterocycles. The Balaban J connectivity index is 2.25. The summed E-state index contributed by atoms with van der Waals surface area (Å²) in [7, 11) is 0. The second-order valence-corrected chi connectivity index (χ2v) is 4.24. The highest BCUT2D eigenvalue weighted by Gasteiger charge is 2.43. The summed E-state index contributed by atoms with van der Waals surface area (Å²) in [6.07, 6.45) is 1.24. The van der Waals surface area contributed by atoms with Crippen LogP contribution in [0.2, 0.25) is 0 Å². The van der Waals surface area contributed by atoms with Crippen molar-refractivity contribution in [3.63, 3.8) is 0 Å². The van der Waals surface area contributed by atoms with Crippen LogP contribution < -0.4 is 5.73 Å². The molecule has 1 aliphatic rings. The van der Waals surface area contributed by atoms with Gasteiger partial charge in [0.05, 0.1) is 17.7 Å². The Morgan fingerprint density at radius 3 is 2.40 bits per heavy atom. The minimum atomic E-state index is -0.218. The number of nitrogens with zero attached hydrogens (tertiary/aromatic N) is 1. The van der Waals surface area contributed by atoms with Crippen LogP contribution in [-0.4, -0.2) is 17.8 Å². The Morgan fingerprint density at radius 1 is 1.40 bits per heavy atom. The predicted octanol–water partition coefficient (Wildman–Crippen LogP) is 0.909. The maximum atomic E-state index is 9.37. The van der Waals surface area contributed by atoms with Gasteiger partial charge >= 0.3 is 0 Å². The van der Waals surface area contributed by atoms with Gasteiger partial charge in [-0.3, -0.25) is 0 Å². The number of rotatable bonds is 2. The van der Waals surface area contributed by atoms with Crippen LogP contribution >= 0.6 is 0 Å². The lowest BCUT2D eigenvalue weighted by atomic mass is 9.63. The van der Waals surface area contributed by atoms with E-state index >= 15 is 0 Å². The van der Waals surface area contributed by atoms with E-state index in [-0.39, 0.29) is 11.5 Å². The molecule has 1 aliphatic carbocycles. The van der Waals surface area contributed by atoms with Crippen LogP contribution in [0, 0.1) is 11.3 Å². The SMILES string of the molecule is N#Cc1ccc(C2(CN)CC(O)C2)cc1. The van der Waals surface area contributed by atoms with E-state index in [9.17, 15) is 5.11 Å². The molecule has 3 heteroatoms. The van der Waals surface area contributed by atoms with Gasteiger partial charge in [0.2, 0.25) is 0 Å². The van der Waals surface area contributed by atoms with E-state index in [1.165, 1.54) is 0 Å². The molecule has 0 saturated heterocycles. The first-order chi connectivity index (χ1) is 7.20. The number of hydrogen-bond donors (Lipinski definition) is 2. The third-order valence-corrected chi connectivity index (χ3v) is 3.27. The van der Waals surface area contributed by atoms with E-state index < -0.39 is 0 Å². The summed E-state index contributed by atoms with van der Waals surface area (Å²) in [5.41, 5.74) is 7.49. The number of nitrogens with two attached hydrogens (primary N) is 1. The largest absolute Gasteiger partial charge is 0.393 e. The average Bonchev–Trinajstić information content (AvgIpc) is 2.25. The Labute approximate surface area is 89.1 Å². The van der Waals surface area contributed by atoms with E-state index in [4.69, 9.17) is 11.0 Å². The van der Waals surface area contributed by atoms with E-state index in [1.807, 2.05) is 12.1 Å². The number of nitriles is 1. The molecular weight excluding hydrogens is 188 g/mol. The van der Waals surface area contributed by atoms with Gasteiger partial charge < -0.3 is 10.8 Å². The zero-order valence-electron chi connectivity index (χ0n) is 8.48. The van der Waals surface area contributed by atoms with Gasteiger partial charge in [-0.05, 0) is 30.5 Å². The van der Waals surface area contributed by atoms with Crippen LogP contribution in [0.1, 0.15) is 24.0 Å². The summed E-state index contributed by atoms with van der Waals surface area (Å²) in [6, 6.07) is 9.58. The fraction of sp³-hybridized carbons (Fsp3) is 0.417. The van der Waals surface area contributed by atoms with Gasteiger partial charge in [0, 0.05) is 12.0 Å². The second-order valence-electron chi connectivity index (χ2n) is 4.24. The summed E-state index contributed by atoms with van der Waals surface area (Å²) in [5.74, 6) is 0. The Morgan fingerprint density at radius 2 is 2.00 bits per heavy atom. The molecule has 78 valence electrons. The van der Waals surface area contributed by atoms with E-state index in [2.05, 4.69) is 6.07 Å². The van der Waals surface area contributed by atoms with Gasteiger partial charge in [0.25, 0.3) is 0 Å². The van der Waals surface area contributed by atoms with Crippen LogP contribution in [0.3, 0.4) is 0 Å². The van der Waals surface area contributed by atoms with Crippen LogP contribution in [-0.2, 0) is 5.41 Å². The normalized spacial score (nSPS) is 29.3. The Bertz CT molecular complexity index is 385. The minimum absolute atomic E-state index is 0.0621. The van der Waals surface area contributed by atoms with Gasteiger partial charge in [0.1, 0.15) is 0 Å². The third kappa shape index (κ3) is 1.63. The monoisotopic (exact) mass is 202 g/mol. The molecule has 1 aromatic rings. The highest BCUT2D eigenvalue weighted by molar-refractivity contribution is 5.37. The molecule has 0 amide bonds. The fourth-order valence-corrected chi connectivity index (χ4v) is 2.26. The van der Waals surface area contributed by atoms with Crippen molar-refractivity contribution in [2.75, 3.05) is 6.54 Å². The van der Waals surface area contributed by atoms with Gasteiger partial charge in [-0.2, -0.15) is 5.26 Å². The van der Waals surface area contributed by atoms with Gasteiger partial charge in [-0.25, -0.2) is 0 Å². The molecule has 1 fully saturated rings. The summed E-state index contributed by atoms with van der Waals surface area (Å²) in [6.45, 7) is 0.552. The molecule has 0 radical (unpaired) electrons. The molecule has 1 aromatic carbocycles. The van der Waals surface area contributed by atoms with Crippen molar-refractivity contribution in [2.24, 2.45) is 5.73 Å². The van der Waals surface area contributed by atoms with Crippen molar-refractivity contribution >= 4 is 0 Å². The highest BCUT2D eigenvalue weighted by Crippen LogP contribution is 2.42. The van der Waals surface area contributed by atoms with Gasteiger partial charge in [-0.1, -0.05) is 12.1 Å². The fourth-order valence-electron chi connectivity index (χ4n) is 2.26. The van der Waals surface area contributed by atoms with Crippen molar-refractivity contribution in [1.29, 1.82) is 5.26 Å². The molecule has 15 heavy (non-hydrogen) atoms. The first-order valence-electron chi connectivity index (χ1n) is 5.09. The molecule has 3 nitrogen and oxygen atoms in total. The van der Waals surface area contributed by atoms with E-state index in [1.54, 1.807) is 12.1 Å². The van der Waals surface area contributed by atoms with Crippen molar-refractivity contribution in [2.45, 2.75) is 24.4 Å². The smallest absolute Gasteiger partial charge is 0.0991 e. The zero-order valence-corrected chi connectivity index (χ0v) is 8.48. The minimum Gasteiger partial charge on any atom is -0.393 e. The first kappa shape index (κ1) is 10.2. The lowest BCUT2D eigenvalue weighted by molar-refractivity contribution is 0.0221. The van der Waals surface area contributed by atoms with E-state index in [0.717, 1.165) is 18.4 Å². The molecule has 0 unspecified atom stereocenters. The summed E-state index contributed by atoms with van der Waals surface area (Å²) in [4.78, 5) is 0. The number of aliphatic hydroxyl groups is 1. The highest BCUT2D eigenvalue weighted by atomic mass is 16.3. The lowest BCUT2D eigenvalue weighted by Gasteiger charge is -2.45. The lowest BCUT2D eigenvalue weighted by Crippen LogP contribution is -2.49. The standard InChI is InChI=1S/C12H14N2O/c13-7-9-1-3-10(4-2-9)12(8-14)5-11(15)6-12/h1-4,11,15H,5-6,8,14H2. The Kier molecular flexibility index (Phi) is 2.47. The van der Waals surface area contributed by atoms with Crippen molar-refractivity contribution < 1.29 is 5.11 Å². The molecular formula is C12H14N2O. The van der Waals surface area contributed by atoms with Gasteiger partial charge in [-0.15, -0.1) is 0 Å². The molecule has 0 heterocycles. The van der Waals surface area contributed by atoms with Gasteiger partial charge in [0.15, 0.2) is 0 Å². The zero-order chi connectivity index (χ0) is 10.9. The number of aliphatic hydroxyl groups excluding tert-OH is 1. The van der Waals surface area contributed by atoms with Crippen molar-refractivity contribution in [3.05, 3.63) is 35.4 Å². The Hall–Kier alpha value is -1.37. The molecule has 3 N–H and O–H groups in total. The number of benzene rings is 1. The van der Waals surface area contributed by atoms with Crippen LogP contribution in [0.15, 0.2) is 24.3 Å². The van der Waals surface area contributed by atoms with E-state index in [0.29, 0.717) is 12.1 Å². The maximum absolute atomic E-state index is 9.37. The molecule has 0 bridgehead atoms. The summed E-state index contributed by atoms with van der Waals surface area (Å²) >= 11 is 0. The summed E-state index contributed by atoms with van der Waals surface area (Å²) < 4.78 is 0. The molecule has 0 aromatic heterocycles. The molecule has 0 spiro atoms. The predicted molar refractivity (Wildman–Crippen MR) is 57.1 cm³/mol. The van der Waals surface area contributed by atoms with Crippen LogP contribution in [0.4, 0.5) is 0 Å². The third-order valence-electron chi connectivity index (χ3n) is 3.27. The average molecular weight is 202 g/mol. The summed E-state index contributed by atoms with van der Waals surface area (Å²) in [5, 5.41) is 18.1. The molecule has 0 atom stereocenters. The van der Waals surface area contributed by atoms with Crippen LogP contribution in [0.25, 0.3) is 0 Å².